The van der Waals surface area contributed by atoms with Crippen molar-refractivity contribution in [3.63, 3.8) is 0 Å². The van der Waals surface area contributed by atoms with Gasteiger partial charge in [-0.2, -0.15) is 0 Å². The molecule has 1 aromatic carbocycles. The molecule has 0 spiro atoms. The van der Waals surface area contributed by atoms with E-state index < -0.39 is 5.60 Å². The number of benzene rings is 1. The van der Waals surface area contributed by atoms with Crippen molar-refractivity contribution in [1.82, 2.24) is 4.90 Å². The Morgan fingerprint density at radius 3 is 2.95 bits per heavy atom. The summed E-state index contributed by atoms with van der Waals surface area (Å²) in [6.07, 6.45) is 2.16. The van der Waals surface area contributed by atoms with Gasteiger partial charge < -0.3 is 10.2 Å². The van der Waals surface area contributed by atoms with E-state index in [1.165, 1.54) is 12.1 Å². The molecule has 1 unspecified atom stereocenters. The van der Waals surface area contributed by atoms with Gasteiger partial charge in [-0.3, -0.25) is 4.90 Å². The first kappa shape index (κ1) is 16.0. The number of piperidine rings is 1. The van der Waals surface area contributed by atoms with Crippen molar-refractivity contribution in [2.75, 3.05) is 19.7 Å². The first-order valence-corrected chi connectivity index (χ1v) is 7.33. The zero-order valence-electron chi connectivity index (χ0n) is 12.4. The van der Waals surface area contributed by atoms with E-state index in [2.05, 4.69) is 16.7 Å². The van der Waals surface area contributed by atoms with Gasteiger partial charge in [0.1, 0.15) is 5.82 Å². The molecule has 0 saturated carbocycles. The summed E-state index contributed by atoms with van der Waals surface area (Å²) >= 11 is 0. The maximum Gasteiger partial charge on any atom is 0.124 e. The summed E-state index contributed by atoms with van der Waals surface area (Å²) in [4.78, 5) is 2.17. The van der Waals surface area contributed by atoms with Crippen molar-refractivity contribution in [2.45, 2.75) is 38.3 Å². The molecular weight excluding hydrogens is 269 g/mol. The summed E-state index contributed by atoms with van der Waals surface area (Å²) < 4.78 is 13.4. The lowest BCUT2D eigenvalue weighted by atomic mass is 9.94. The van der Waals surface area contributed by atoms with Gasteiger partial charge in [0.25, 0.3) is 0 Å². The molecule has 3 nitrogen and oxygen atoms in total. The number of aliphatic hydroxyl groups excluding tert-OH is 1. The molecule has 21 heavy (non-hydrogen) atoms. The average molecular weight is 291 g/mol. The molecule has 2 N–H and O–H groups in total. The lowest BCUT2D eigenvalue weighted by molar-refractivity contribution is -0.0181. The minimum atomic E-state index is -0.652. The maximum atomic E-state index is 13.4. The molecular formula is C17H22FNO2. The zero-order valence-corrected chi connectivity index (χ0v) is 12.4. The van der Waals surface area contributed by atoms with Crippen LogP contribution >= 0.6 is 0 Å². The van der Waals surface area contributed by atoms with Gasteiger partial charge in [0.15, 0.2) is 0 Å². The van der Waals surface area contributed by atoms with Gasteiger partial charge in [0.2, 0.25) is 0 Å². The van der Waals surface area contributed by atoms with E-state index in [1.807, 2.05) is 6.92 Å². The Morgan fingerprint density at radius 1 is 1.43 bits per heavy atom. The van der Waals surface area contributed by atoms with Gasteiger partial charge >= 0.3 is 0 Å². The van der Waals surface area contributed by atoms with Gasteiger partial charge in [0.05, 0.1) is 12.2 Å². The summed E-state index contributed by atoms with van der Waals surface area (Å²) in [5.74, 6) is 5.46. The summed E-state index contributed by atoms with van der Waals surface area (Å²) in [6, 6.07) is 4.62. The van der Waals surface area contributed by atoms with Crippen LogP contribution in [0.4, 0.5) is 4.39 Å². The van der Waals surface area contributed by atoms with Crippen LogP contribution in [0.2, 0.25) is 0 Å². The minimum absolute atomic E-state index is 0.00659. The Balaban J connectivity index is 2.14. The van der Waals surface area contributed by atoms with Crippen LogP contribution in [-0.2, 0) is 6.54 Å². The summed E-state index contributed by atoms with van der Waals surface area (Å²) in [5.41, 5.74) is 0.967. The van der Waals surface area contributed by atoms with Gasteiger partial charge in [-0.1, -0.05) is 17.9 Å². The first-order valence-electron chi connectivity index (χ1n) is 7.33. The Hall–Kier alpha value is -1.41. The van der Waals surface area contributed by atoms with E-state index in [-0.39, 0.29) is 12.4 Å². The van der Waals surface area contributed by atoms with E-state index in [0.29, 0.717) is 25.1 Å². The molecule has 1 heterocycles. The van der Waals surface area contributed by atoms with Crippen molar-refractivity contribution in [3.8, 4) is 11.8 Å². The number of likely N-dealkylation sites (tertiary alicyclic amines) is 1. The fourth-order valence-corrected chi connectivity index (χ4v) is 2.72. The molecule has 4 heteroatoms. The first-order chi connectivity index (χ1) is 10.00. The largest absolute Gasteiger partial charge is 0.395 e. The van der Waals surface area contributed by atoms with Crippen LogP contribution in [0.3, 0.4) is 0 Å². The van der Waals surface area contributed by atoms with Crippen molar-refractivity contribution in [1.29, 1.82) is 0 Å². The highest BCUT2D eigenvalue weighted by molar-refractivity contribution is 5.41. The Morgan fingerprint density at radius 2 is 2.24 bits per heavy atom. The van der Waals surface area contributed by atoms with Gasteiger partial charge in [-0.15, -0.1) is 0 Å². The molecule has 1 aliphatic rings. The van der Waals surface area contributed by atoms with Gasteiger partial charge in [0, 0.05) is 25.1 Å². The van der Waals surface area contributed by atoms with Crippen LogP contribution in [0.1, 0.15) is 37.3 Å². The van der Waals surface area contributed by atoms with Crippen LogP contribution in [0.5, 0.6) is 0 Å². The van der Waals surface area contributed by atoms with E-state index >= 15 is 0 Å². The Labute approximate surface area is 125 Å². The second kappa shape index (κ2) is 7.04. The molecule has 1 atom stereocenters. The standard InChI is InChI=1S/C17H22FNO2/c1-17(21)8-4-9-19(13-17)12-15-6-7-16(18)11-14(15)5-2-3-10-20/h6-7,11,20-21H,3-4,8-10,12-13H2,1H3. The predicted molar refractivity (Wildman–Crippen MR) is 80.1 cm³/mol. The molecule has 1 saturated heterocycles. The molecule has 0 aliphatic carbocycles. The summed E-state index contributed by atoms with van der Waals surface area (Å²) in [7, 11) is 0. The smallest absolute Gasteiger partial charge is 0.124 e. The van der Waals surface area contributed by atoms with Gasteiger partial charge in [-0.05, 0) is 44.0 Å². The van der Waals surface area contributed by atoms with E-state index in [4.69, 9.17) is 5.11 Å². The van der Waals surface area contributed by atoms with Crippen LogP contribution in [-0.4, -0.2) is 40.4 Å². The molecule has 1 aromatic rings. The lowest BCUT2D eigenvalue weighted by Crippen LogP contribution is -2.45. The molecule has 0 aromatic heterocycles. The lowest BCUT2D eigenvalue weighted by Gasteiger charge is -2.37. The summed E-state index contributed by atoms with van der Waals surface area (Å²) in [5, 5.41) is 18.9. The third kappa shape index (κ3) is 4.82. The topological polar surface area (TPSA) is 43.7 Å². The van der Waals surface area contributed by atoms with Crippen LogP contribution in [0.25, 0.3) is 0 Å². The molecule has 1 fully saturated rings. The highest BCUT2D eigenvalue weighted by Gasteiger charge is 2.28. The third-order valence-corrected chi connectivity index (χ3v) is 3.68. The van der Waals surface area contributed by atoms with Crippen LogP contribution < -0.4 is 0 Å². The van der Waals surface area contributed by atoms with Gasteiger partial charge in [-0.25, -0.2) is 4.39 Å². The molecule has 0 radical (unpaired) electrons. The number of aliphatic hydroxyl groups is 2. The van der Waals surface area contributed by atoms with Crippen molar-refractivity contribution < 1.29 is 14.6 Å². The minimum Gasteiger partial charge on any atom is -0.395 e. The van der Waals surface area contributed by atoms with E-state index in [9.17, 15) is 9.50 Å². The van der Waals surface area contributed by atoms with Crippen LogP contribution in [0, 0.1) is 17.7 Å². The molecule has 0 bridgehead atoms. The number of halogens is 1. The third-order valence-electron chi connectivity index (χ3n) is 3.68. The quantitative estimate of drug-likeness (QED) is 0.836. The number of nitrogens with zero attached hydrogens (tertiary/aromatic N) is 1. The molecule has 1 aliphatic heterocycles. The average Bonchev–Trinajstić information content (AvgIpc) is 2.41. The number of hydrogen-bond acceptors (Lipinski definition) is 3. The summed E-state index contributed by atoms with van der Waals surface area (Å²) in [6.45, 7) is 4.06. The number of rotatable bonds is 3. The monoisotopic (exact) mass is 291 g/mol. The van der Waals surface area contributed by atoms with E-state index in [1.54, 1.807) is 6.07 Å². The van der Waals surface area contributed by atoms with E-state index in [0.717, 1.165) is 24.9 Å². The predicted octanol–water partition coefficient (Wildman–Crippen LogP) is 1.91. The van der Waals surface area contributed by atoms with Crippen molar-refractivity contribution >= 4 is 0 Å². The second-order valence-corrected chi connectivity index (χ2v) is 5.89. The van der Waals surface area contributed by atoms with Crippen molar-refractivity contribution in [3.05, 3.63) is 35.1 Å². The fourth-order valence-electron chi connectivity index (χ4n) is 2.72. The molecule has 2 rings (SSSR count). The SMILES string of the molecule is CC1(O)CCCN(Cc2ccc(F)cc2C#CCCO)C1. The van der Waals surface area contributed by atoms with Crippen molar-refractivity contribution in [2.24, 2.45) is 0 Å². The molecule has 0 amide bonds. The fraction of sp³-hybridized carbons (Fsp3) is 0.529. The highest BCUT2D eigenvalue weighted by atomic mass is 19.1. The highest BCUT2D eigenvalue weighted by Crippen LogP contribution is 2.23. The van der Waals surface area contributed by atoms with Crippen LogP contribution in [0.15, 0.2) is 18.2 Å². The number of β-amino-alcohol motifs (C(OH)–C–C–N with tert-alkyl or cyclic N) is 1. The maximum absolute atomic E-state index is 13.4. The zero-order chi connectivity index (χ0) is 15.3. The number of hydrogen-bond donors (Lipinski definition) is 2. The Kier molecular flexibility index (Phi) is 5.35. The molecule has 114 valence electrons. The normalized spacial score (nSPS) is 22.7. The second-order valence-electron chi connectivity index (χ2n) is 5.89. The Bertz CT molecular complexity index is 545.